The van der Waals surface area contributed by atoms with E-state index in [0.717, 1.165) is 6.07 Å². The molecule has 7 heteroatoms. The van der Waals surface area contributed by atoms with E-state index in [-0.39, 0.29) is 17.8 Å². The Morgan fingerprint density at radius 1 is 1.27 bits per heavy atom. The first kappa shape index (κ1) is 16.1. The number of benzene rings is 1. The Labute approximate surface area is 125 Å². The number of carbonyl (C=O) groups excluding carboxylic acids is 1. The molecular formula is C15H15F3N2O2. The quantitative estimate of drug-likeness (QED) is 0.677. The van der Waals surface area contributed by atoms with Gasteiger partial charge >= 0.3 is 12.1 Å². The number of aromatic nitrogens is 1. The van der Waals surface area contributed by atoms with Crippen molar-refractivity contribution in [2.75, 3.05) is 19.0 Å². The van der Waals surface area contributed by atoms with Crippen molar-refractivity contribution in [2.24, 2.45) is 0 Å². The van der Waals surface area contributed by atoms with Crippen LogP contribution in [0.25, 0.3) is 10.8 Å². The number of halogens is 3. The molecule has 0 bridgehead atoms. The van der Waals surface area contributed by atoms with Gasteiger partial charge in [0, 0.05) is 24.5 Å². The summed E-state index contributed by atoms with van der Waals surface area (Å²) < 4.78 is 43.5. The minimum Gasteiger partial charge on any atom is -0.469 e. The lowest BCUT2D eigenvalue weighted by atomic mass is 10.1. The van der Waals surface area contributed by atoms with Crippen LogP contribution in [0.2, 0.25) is 0 Å². The Kier molecular flexibility index (Phi) is 4.85. The molecule has 1 heterocycles. The number of pyridine rings is 1. The van der Waals surface area contributed by atoms with Crippen LogP contribution in [0.5, 0.6) is 0 Å². The highest BCUT2D eigenvalue weighted by Gasteiger charge is 2.32. The summed E-state index contributed by atoms with van der Waals surface area (Å²) in [5, 5.41) is 3.46. The third-order valence-corrected chi connectivity index (χ3v) is 3.19. The minimum atomic E-state index is -4.41. The van der Waals surface area contributed by atoms with Gasteiger partial charge in [-0.25, -0.2) is 4.98 Å². The first-order valence-electron chi connectivity index (χ1n) is 6.69. The summed E-state index contributed by atoms with van der Waals surface area (Å²) in [5.41, 5.74) is -0.690. The highest BCUT2D eigenvalue weighted by atomic mass is 19.4. The van der Waals surface area contributed by atoms with E-state index in [9.17, 15) is 18.0 Å². The van der Waals surface area contributed by atoms with Crippen molar-refractivity contribution in [1.82, 2.24) is 4.98 Å². The lowest BCUT2D eigenvalue weighted by Gasteiger charge is -2.13. The zero-order valence-electron chi connectivity index (χ0n) is 11.9. The van der Waals surface area contributed by atoms with E-state index in [4.69, 9.17) is 0 Å². The number of nitrogens with one attached hydrogen (secondary N) is 1. The second kappa shape index (κ2) is 6.64. The maximum Gasteiger partial charge on any atom is 0.417 e. The van der Waals surface area contributed by atoms with Gasteiger partial charge in [0.25, 0.3) is 0 Å². The molecule has 2 aromatic rings. The van der Waals surface area contributed by atoms with Crippen molar-refractivity contribution < 1.29 is 22.7 Å². The summed E-state index contributed by atoms with van der Waals surface area (Å²) in [6.45, 7) is 0.414. The molecule has 0 saturated heterocycles. The number of nitrogens with zero attached hydrogens (tertiary/aromatic N) is 1. The molecule has 2 rings (SSSR count). The number of fused-ring (bicyclic) bond motifs is 1. The van der Waals surface area contributed by atoms with Crippen molar-refractivity contribution >= 4 is 22.6 Å². The zero-order chi connectivity index (χ0) is 16.2. The Morgan fingerprint density at radius 3 is 2.73 bits per heavy atom. The van der Waals surface area contributed by atoms with Crippen LogP contribution in [0.4, 0.5) is 19.0 Å². The predicted molar refractivity (Wildman–Crippen MR) is 76.5 cm³/mol. The fourth-order valence-electron chi connectivity index (χ4n) is 2.14. The summed E-state index contributed by atoms with van der Waals surface area (Å²) >= 11 is 0. The van der Waals surface area contributed by atoms with Gasteiger partial charge < -0.3 is 10.1 Å². The van der Waals surface area contributed by atoms with Crippen molar-refractivity contribution in [3.05, 3.63) is 36.0 Å². The standard InChI is InChI=1S/C15H15F3N2O2/c1-22-13(21)6-3-8-19-14-11-4-2-5-12(15(16,17)18)10(11)7-9-20-14/h2,4-5,7,9H,3,6,8H2,1H3,(H,19,20). The summed E-state index contributed by atoms with van der Waals surface area (Å²) in [5.74, 6) is 0.0421. The molecule has 118 valence electrons. The average molecular weight is 312 g/mol. The molecule has 0 fully saturated rings. The molecule has 0 radical (unpaired) electrons. The van der Waals surface area contributed by atoms with Gasteiger partial charge in [0.15, 0.2) is 0 Å². The molecule has 1 aromatic heterocycles. The van der Waals surface area contributed by atoms with E-state index >= 15 is 0 Å². The van der Waals surface area contributed by atoms with Gasteiger partial charge in [0.1, 0.15) is 5.82 Å². The molecule has 0 saturated carbocycles. The average Bonchev–Trinajstić information content (AvgIpc) is 2.49. The summed E-state index contributed by atoms with van der Waals surface area (Å²) in [6, 6.07) is 5.33. The SMILES string of the molecule is COC(=O)CCCNc1nccc2c(C(F)(F)F)cccc12. The van der Waals surface area contributed by atoms with Gasteiger partial charge in [0.05, 0.1) is 12.7 Å². The number of hydrogen-bond acceptors (Lipinski definition) is 4. The van der Waals surface area contributed by atoms with E-state index in [1.165, 1.54) is 25.4 Å². The molecule has 0 aliphatic carbocycles. The highest BCUT2D eigenvalue weighted by Crippen LogP contribution is 2.36. The summed E-state index contributed by atoms with van der Waals surface area (Å²) in [6.07, 6.45) is -2.34. The number of hydrogen-bond donors (Lipinski definition) is 1. The summed E-state index contributed by atoms with van der Waals surface area (Å²) in [7, 11) is 1.31. The van der Waals surface area contributed by atoms with Crippen LogP contribution in [-0.2, 0) is 15.7 Å². The number of carbonyl (C=O) groups is 1. The molecule has 0 spiro atoms. The topological polar surface area (TPSA) is 51.2 Å². The molecule has 4 nitrogen and oxygen atoms in total. The molecule has 22 heavy (non-hydrogen) atoms. The van der Waals surface area contributed by atoms with Crippen LogP contribution >= 0.6 is 0 Å². The molecular weight excluding hydrogens is 297 g/mol. The first-order valence-corrected chi connectivity index (χ1v) is 6.69. The van der Waals surface area contributed by atoms with Gasteiger partial charge in [-0.1, -0.05) is 12.1 Å². The number of anilines is 1. The zero-order valence-corrected chi connectivity index (χ0v) is 11.9. The third-order valence-electron chi connectivity index (χ3n) is 3.19. The lowest BCUT2D eigenvalue weighted by Crippen LogP contribution is -2.09. The molecule has 0 amide bonds. The Hall–Kier alpha value is -2.31. The van der Waals surface area contributed by atoms with Crippen molar-refractivity contribution in [2.45, 2.75) is 19.0 Å². The molecule has 1 N–H and O–H groups in total. The third kappa shape index (κ3) is 3.66. The fourth-order valence-corrected chi connectivity index (χ4v) is 2.14. The van der Waals surface area contributed by atoms with Crippen LogP contribution in [-0.4, -0.2) is 24.6 Å². The van der Waals surface area contributed by atoms with Crippen molar-refractivity contribution in [1.29, 1.82) is 0 Å². The number of methoxy groups -OCH3 is 1. The molecule has 0 atom stereocenters. The second-order valence-corrected chi connectivity index (χ2v) is 4.66. The van der Waals surface area contributed by atoms with Crippen LogP contribution in [0, 0.1) is 0 Å². The number of ether oxygens (including phenoxy) is 1. The molecule has 0 aliphatic heterocycles. The van der Waals surface area contributed by atoms with E-state index in [2.05, 4.69) is 15.0 Å². The monoisotopic (exact) mass is 312 g/mol. The Morgan fingerprint density at radius 2 is 2.05 bits per heavy atom. The van der Waals surface area contributed by atoms with Crippen LogP contribution in [0.3, 0.4) is 0 Å². The Bertz CT molecular complexity index is 671. The van der Waals surface area contributed by atoms with Gasteiger partial charge in [-0.15, -0.1) is 0 Å². The smallest absolute Gasteiger partial charge is 0.417 e. The molecule has 1 aromatic carbocycles. The van der Waals surface area contributed by atoms with Crippen molar-refractivity contribution in [3.63, 3.8) is 0 Å². The number of alkyl halides is 3. The predicted octanol–water partition coefficient (Wildman–Crippen LogP) is 3.62. The van der Waals surface area contributed by atoms with E-state index in [0.29, 0.717) is 24.2 Å². The van der Waals surface area contributed by atoms with E-state index < -0.39 is 11.7 Å². The normalized spacial score (nSPS) is 11.5. The Balaban J connectivity index is 2.19. The molecule has 0 unspecified atom stereocenters. The summed E-state index contributed by atoms with van der Waals surface area (Å²) in [4.78, 5) is 15.1. The maximum atomic E-state index is 13.0. The number of esters is 1. The minimum absolute atomic E-state index is 0.0977. The number of rotatable bonds is 5. The van der Waals surface area contributed by atoms with Gasteiger partial charge in [-0.2, -0.15) is 13.2 Å². The lowest BCUT2D eigenvalue weighted by molar-refractivity contribution is -0.140. The maximum absolute atomic E-state index is 13.0. The van der Waals surface area contributed by atoms with Gasteiger partial charge in [-0.3, -0.25) is 4.79 Å². The van der Waals surface area contributed by atoms with Crippen LogP contribution < -0.4 is 5.32 Å². The first-order chi connectivity index (χ1) is 10.4. The fraction of sp³-hybridized carbons (Fsp3) is 0.333. The largest absolute Gasteiger partial charge is 0.469 e. The van der Waals surface area contributed by atoms with E-state index in [1.54, 1.807) is 6.07 Å². The van der Waals surface area contributed by atoms with Crippen LogP contribution in [0.15, 0.2) is 30.5 Å². The molecule has 0 aliphatic rings. The van der Waals surface area contributed by atoms with Crippen molar-refractivity contribution in [3.8, 4) is 0 Å². The van der Waals surface area contributed by atoms with E-state index in [1.807, 2.05) is 0 Å². The van der Waals surface area contributed by atoms with Gasteiger partial charge in [0.2, 0.25) is 0 Å². The highest BCUT2D eigenvalue weighted by molar-refractivity contribution is 5.94. The second-order valence-electron chi connectivity index (χ2n) is 4.66. The van der Waals surface area contributed by atoms with Crippen LogP contribution in [0.1, 0.15) is 18.4 Å². The van der Waals surface area contributed by atoms with Gasteiger partial charge in [-0.05, 0) is 23.9 Å².